The van der Waals surface area contributed by atoms with Crippen molar-refractivity contribution in [2.45, 2.75) is 13.0 Å². The Morgan fingerprint density at radius 3 is 2.75 bits per heavy atom. The minimum atomic E-state index is -0.780. The summed E-state index contributed by atoms with van der Waals surface area (Å²) in [7, 11) is 0. The maximum Gasteiger partial charge on any atom is 0.273 e. The van der Waals surface area contributed by atoms with Crippen LogP contribution in [0.2, 0.25) is 0 Å². The third-order valence-electron chi connectivity index (χ3n) is 2.95. The number of aromatic nitrogens is 2. The monoisotopic (exact) mass is 272 g/mol. The van der Waals surface area contributed by atoms with Crippen LogP contribution in [0.4, 0.5) is 5.82 Å². The molecule has 1 aromatic heterocycles. The highest BCUT2D eigenvalue weighted by molar-refractivity contribution is 5.96. The molecule has 2 rings (SSSR count). The van der Waals surface area contributed by atoms with Gasteiger partial charge < -0.3 is 16.2 Å². The predicted octanol–water partition coefficient (Wildman–Crippen LogP) is 0.831. The van der Waals surface area contributed by atoms with Crippen LogP contribution < -0.4 is 11.1 Å². The van der Waals surface area contributed by atoms with Crippen molar-refractivity contribution in [3.8, 4) is 0 Å². The summed E-state index contributed by atoms with van der Waals surface area (Å²) in [5.41, 5.74) is 7.37. The fourth-order valence-electron chi connectivity index (χ4n) is 1.87. The molecule has 0 spiro atoms. The second-order valence-electron chi connectivity index (χ2n) is 4.37. The summed E-state index contributed by atoms with van der Waals surface area (Å²) in [5.74, 6) is -0.390. The Morgan fingerprint density at radius 2 is 2.05 bits per heavy atom. The molecule has 0 saturated heterocycles. The number of rotatable bonds is 4. The van der Waals surface area contributed by atoms with Gasteiger partial charge in [0.2, 0.25) is 0 Å². The highest BCUT2D eigenvalue weighted by Gasteiger charge is 2.15. The number of benzene rings is 1. The number of nitrogens with one attached hydrogen (secondary N) is 1. The zero-order chi connectivity index (χ0) is 14.5. The summed E-state index contributed by atoms with van der Waals surface area (Å²) in [4.78, 5) is 19.5. The molecule has 20 heavy (non-hydrogen) atoms. The van der Waals surface area contributed by atoms with Crippen molar-refractivity contribution in [1.82, 2.24) is 15.3 Å². The van der Waals surface area contributed by atoms with Gasteiger partial charge in [-0.1, -0.05) is 24.3 Å². The van der Waals surface area contributed by atoms with Gasteiger partial charge in [0.15, 0.2) is 11.5 Å². The molecular weight excluding hydrogens is 256 g/mol. The summed E-state index contributed by atoms with van der Waals surface area (Å²) in [6, 6.07) is 7.46. The molecule has 6 heteroatoms. The van der Waals surface area contributed by atoms with E-state index in [9.17, 15) is 9.90 Å². The highest BCUT2D eigenvalue weighted by atomic mass is 16.3. The average Bonchev–Trinajstić information content (AvgIpc) is 2.45. The van der Waals surface area contributed by atoms with Crippen molar-refractivity contribution in [2.75, 3.05) is 12.3 Å². The third-order valence-corrected chi connectivity index (χ3v) is 2.95. The zero-order valence-electron chi connectivity index (χ0n) is 11.1. The summed E-state index contributed by atoms with van der Waals surface area (Å²) in [6.07, 6.45) is 2.02. The van der Waals surface area contributed by atoms with Crippen LogP contribution in [0.25, 0.3) is 0 Å². The number of hydrogen-bond acceptors (Lipinski definition) is 5. The smallest absolute Gasteiger partial charge is 0.273 e. The largest absolute Gasteiger partial charge is 0.387 e. The lowest BCUT2D eigenvalue weighted by molar-refractivity contribution is 0.0911. The lowest BCUT2D eigenvalue weighted by atomic mass is 10.0. The van der Waals surface area contributed by atoms with E-state index in [1.165, 1.54) is 12.4 Å². The molecule has 104 valence electrons. The Bertz CT molecular complexity index is 616. The Labute approximate surface area is 116 Å². The lowest BCUT2D eigenvalue weighted by Crippen LogP contribution is -2.30. The number of nitrogens with zero attached hydrogens (tertiary/aromatic N) is 2. The van der Waals surface area contributed by atoms with E-state index in [0.717, 1.165) is 11.1 Å². The van der Waals surface area contributed by atoms with Gasteiger partial charge in [0.25, 0.3) is 5.91 Å². The van der Waals surface area contributed by atoms with Crippen LogP contribution in [0.3, 0.4) is 0 Å². The maximum atomic E-state index is 11.9. The first-order chi connectivity index (χ1) is 9.59. The van der Waals surface area contributed by atoms with E-state index in [2.05, 4.69) is 15.3 Å². The van der Waals surface area contributed by atoms with Crippen LogP contribution in [-0.4, -0.2) is 27.5 Å². The molecule has 1 aromatic carbocycles. The van der Waals surface area contributed by atoms with Gasteiger partial charge in [-0.15, -0.1) is 0 Å². The van der Waals surface area contributed by atoms with Crippen molar-refractivity contribution in [1.29, 1.82) is 0 Å². The molecule has 1 amide bonds. The number of nitrogen functional groups attached to an aromatic ring is 1. The Balaban J connectivity index is 2.01. The van der Waals surface area contributed by atoms with Gasteiger partial charge >= 0.3 is 0 Å². The van der Waals surface area contributed by atoms with Crippen LogP contribution >= 0.6 is 0 Å². The Morgan fingerprint density at radius 1 is 1.35 bits per heavy atom. The number of carbonyl (C=O) groups is 1. The quantitative estimate of drug-likeness (QED) is 0.765. The van der Waals surface area contributed by atoms with E-state index in [1.54, 1.807) is 0 Å². The van der Waals surface area contributed by atoms with Crippen LogP contribution in [-0.2, 0) is 0 Å². The number of hydrogen-bond donors (Lipinski definition) is 3. The lowest BCUT2D eigenvalue weighted by Gasteiger charge is -2.14. The summed E-state index contributed by atoms with van der Waals surface area (Å²) in [6.45, 7) is 1.99. The molecule has 0 aliphatic rings. The van der Waals surface area contributed by atoms with Crippen molar-refractivity contribution >= 4 is 11.7 Å². The van der Waals surface area contributed by atoms with Crippen LogP contribution in [0, 0.1) is 6.92 Å². The molecule has 4 N–H and O–H groups in total. The number of amides is 1. The van der Waals surface area contributed by atoms with Gasteiger partial charge in [0.1, 0.15) is 0 Å². The molecular formula is C14H16N4O2. The molecule has 0 saturated carbocycles. The van der Waals surface area contributed by atoms with Crippen molar-refractivity contribution < 1.29 is 9.90 Å². The minimum absolute atomic E-state index is 0.0597. The van der Waals surface area contributed by atoms with Crippen LogP contribution in [0.15, 0.2) is 36.7 Å². The van der Waals surface area contributed by atoms with Crippen molar-refractivity contribution in [3.63, 3.8) is 0 Å². The Hall–Kier alpha value is -2.47. The van der Waals surface area contributed by atoms with E-state index in [-0.39, 0.29) is 18.1 Å². The van der Waals surface area contributed by atoms with Gasteiger partial charge in [0, 0.05) is 18.9 Å². The number of aliphatic hydroxyl groups excluding tert-OH is 1. The number of anilines is 1. The van der Waals surface area contributed by atoms with E-state index in [4.69, 9.17) is 5.73 Å². The first-order valence-electron chi connectivity index (χ1n) is 6.18. The molecule has 0 aliphatic carbocycles. The molecule has 0 aliphatic heterocycles. The predicted molar refractivity (Wildman–Crippen MR) is 74.9 cm³/mol. The van der Waals surface area contributed by atoms with Crippen LogP contribution in [0.1, 0.15) is 27.7 Å². The number of aliphatic hydroxyl groups is 1. The standard InChI is InChI=1S/C14H16N4O2/c1-9-4-2-3-5-10(9)11(19)8-18-14(20)12-13(15)17-7-6-16-12/h2-7,11,19H,8H2,1H3,(H2,15,17)(H,18,20). The van der Waals surface area contributed by atoms with E-state index >= 15 is 0 Å². The Kier molecular flexibility index (Phi) is 4.27. The highest BCUT2D eigenvalue weighted by Crippen LogP contribution is 2.16. The third kappa shape index (κ3) is 3.10. The first-order valence-corrected chi connectivity index (χ1v) is 6.18. The number of carbonyl (C=O) groups excluding carboxylic acids is 1. The normalized spacial score (nSPS) is 11.9. The van der Waals surface area contributed by atoms with Crippen molar-refractivity contribution in [3.05, 3.63) is 53.5 Å². The van der Waals surface area contributed by atoms with Gasteiger partial charge in [-0.2, -0.15) is 0 Å². The molecule has 0 bridgehead atoms. The SMILES string of the molecule is Cc1ccccc1C(O)CNC(=O)c1nccnc1N. The van der Waals surface area contributed by atoms with Gasteiger partial charge in [-0.3, -0.25) is 4.79 Å². The molecule has 1 heterocycles. The van der Waals surface area contributed by atoms with E-state index < -0.39 is 12.0 Å². The zero-order valence-corrected chi connectivity index (χ0v) is 11.1. The van der Waals surface area contributed by atoms with Gasteiger partial charge in [-0.05, 0) is 18.1 Å². The first kappa shape index (κ1) is 14.0. The molecule has 0 fully saturated rings. The van der Waals surface area contributed by atoms with Crippen molar-refractivity contribution in [2.24, 2.45) is 0 Å². The summed E-state index contributed by atoms with van der Waals surface area (Å²) in [5, 5.41) is 12.7. The topological polar surface area (TPSA) is 101 Å². The maximum absolute atomic E-state index is 11.9. The van der Waals surface area contributed by atoms with Gasteiger partial charge in [0.05, 0.1) is 6.10 Å². The summed E-state index contributed by atoms with van der Waals surface area (Å²) >= 11 is 0. The fraction of sp³-hybridized carbons (Fsp3) is 0.214. The van der Waals surface area contributed by atoms with Crippen LogP contribution in [0.5, 0.6) is 0 Å². The number of nitrogens with two attached hydrogens (primary N) is 1. The molecule has 6 nitrogen and oxygen atoms in total. The van der Waals surface area contributed by atoms with Gasteiger partial charge in [-0.25, -0.2) is 9.97 Å². The molecule has 2 aromatic rings. The second kappa shape index (κ2) is 6.12. The molecule has 1 unspecified atom stereocenters. The molecule has 1 atom stereocenters. The second-order valence-corrected chi connectivity index (χ2v) is 4.37. The fourth-order valence-corrected chi connectivity index (χ4v) is 1.87. The average molecular weight is 272 g/mol. The van der Waals surface area contributed by atoms with E-state index in [0.29, 0.717) is 0 Å². The molecule has 0 radical (unpaired) electrons. The summed E-state index contributed by atoms with van der Waals surface area (Å²) < 4.78 is 0. The minimum Gasteiger partial charge on any atom is -0.387 e. The number of aryl methyl sites for hydroxylation is 1. The van der Waals surface area contributed by atoms with E-state index in [1.807, 2.05) is 31.2 Å².